The third kappa shape index (κ3) is 4.52. The number of ether oxygens (including phenoxy) is 1. The lowest BCUT2D eigenvalue weighted by Gasteiger charge is -2.11. The molecule has 0 saturated carbocycles. The number of unbranched alkanes of at least 4 members (excludes halogenated alkanes) is 1. The Kier molecular flexibility index (Phi) is 6.24. The van der Waals surface area contributed by atoms with Crippen LogP contribution in [0.25, 0.3) is 0 Å². The van der Waals surface area contributed by atoms with E-state index in [2.05, 4.69) is 17.2 Å². The number of carbonyl (C=O) groups is 1. The Hall–Kier alpha value is -2.96. The number of nitrogens with zero attached hydrogens (tertiary/aromatic N) is 2. The maximum Gasteiger partial charge on any atom is 0.282 e. The molecule has 2 aromatic rings. The van der Waals surface area contributed by atoms with Gasteiger partial charge in [-0.05, 0) is 18.6 Å². The number of nitro benzene ring substituents is 1. The Morgan fingerprint density at radius 1 is 1.29 bits per heavy atom. The molecule has 0 aliphatic rings. The molecule has 0 bridgehead atoms. The molecule has 1 aromatic carbocycles. The lowest BCUT2D eigenvalue weighted by atomic mass is 10.1. The van der Waals surface area contributed by atoms with Crippen LogP contribution in [0.4, 0.5) is 5.69 Å². The first-order chi connectivity index (χ1) is 11.6. The minimum Gasteiger partial charge on any atom is -0.477 e. The highest BCUT2D eigenvalue weighted by Gasteiger charge is 2.19. The first-order valence-electron chi connectivity index (χ1n) is 7.71. The number of amides is 1. The first-order valence-corrected chi connectivity index (χ1v) is 7.71. The van der Waals surface area contributed by atoms with Crippen molar-refractivity contribution in [2.75, 3.05) is 6.61 Å². The maximum atomic E-state index is 12.2. The zero-order valence-corrected chi connectivity index (χ0v) is 13.4. The first kappa shape index (κ1) is 17.4. The van der Waals surface area contributed by atoms with Crippen molar-refractivity contribution in [2.45, 2.75) is 26.3 Å². The highest BCUT2D eigenvalue weighted by Crippen LogP contribution is 2.18. The summed E-state index contributed by atoms with van der Waals surface area (Å²) in [5.41, 5.74) is 0.529. The molecule has 0 radical (unpaired) electrons. The van der Waals surface area contributed by atoms with Crippen LogP contribution in [-0.4, -0.2) is 22.4 Å². The van der Waals surface area contributed by atoms with Gasteiger partial charge in [-0.25, -0.2) is 4.98 Å². The van der Waals surface area contributed by atoms with Crippen LogP contribution in [0, 0.1) is 10.1 Å². The smallest absolute Gasteiger partial charge is 0.282 e. The van der Waals surface area contributed by atoms with Gasteiger partial charge in [-0.2, -0.15) is 0 Å². The molecule has 1 heterocycles. The number of para-hydroxylation sites is 1. The van der Waals surface area contributed by atoms with Crippen molar-refractivity contribution in [3.8, 4) is 5.88 Å². The number of aromatic nitrogens is 1. The fourth-order valence-electron chi connectivity index (χ4n) is 2.10. The molecule has 0 atom stereocenters. The summed E-state index contributed by atoms with van der Waals surface area (Å²) in [5, 5.41) is 13.7. The van der Waals surface area contributed by atoms with E-state index in [1.54, 1.807) is 24.4 Å². The topological polar surface area (TPSA) is 94.4 Å². The molecule has 0 saturated heterocycles. The van der Waals surface area contributed by atoms with Gasteiger partial charge in [0.25, 0.3) is 11.6 Å². The van der Waals surface area contributed by atoms with Crippen LogP contribution in [0.2, 0.25) is 0 Å². The molecule has 0 spiro atoms. The Morgan fingerprint density at radius 3 is 2.83 bits per heavy atom. The van der Waals surface area contributed by atoms with Gasteiger partial charge in [-0.1, -0.05) is 31.5 Å². The van der Waals surface area contributed by atoms with E-state index in [1.165, 1.54) is 18.2 Å². The number of rotatable bonds is 8. The Morgan fingerprint density at radius 2 is 2.08 bits per heavy atom. The SMILES string of the molecule is CCCCOc1ncccc1CNC(=O)c1ccccc1[N+](=O)[O-]. The van der Waals surface area contributed by atoms with E-state index >= 15 is 0 Å². The summed E-state index contributed by atoms with van der Waals surface area (Å²) in [6, 6.07) is 9.39. The highest BCUT2D eigenvalue weighted by molar-refractivity contribution is 5.98. The van der Waals surface area contributed by atoms with Crippen LogP contribution in [-0.2, 0) is 6.54 Å². The number of hydrogen-bond donors (Lipinski definition) is 1. The van der Waals surface area contributed by atoms with Crippen molar-refractivity contribution < 1.29 is 14.5 Å². The van der Waals surface area contributed by atoms with Gasteiger partial charge >= 0.3 is 0 Å². The van der Waals surface area contributed by atoms with Crippen molar-refractivity contribution in [1.82, 2.24) is 10.3 Å². The minimum absolute atomic E-state index is 0.0276. The predicted octanol–water partition coefficient (Wildman–Crippen LogP) is 3.10. The quantitative estimate of drug-likeness (QED) is 0.456. The molecule has 24 heavy (non-hydrogen) atoms. The van der Waals surface area contributed by atoms with Crippen LogP contribution >= 0.6 is 0 Å². The zero-order chi connectivity index (χ0) is 17.4. The van der Waals surface area contributed by atoms with Gasteiger partial charge in [0.1, 0.15) is 5.56 Å². The van der Waals surface area contributed by atoms with E-state index < -0.39 is 10.8 Å². The number of hydrogen-bond acceptors (Lipinski definition) is 5. The van der Waals surface area contributed by atoms with Crippen molar-refractivity contribution in [2.24, 2.45) is 0 Å². The Balaban J connectivity index is 2.06. The predicted molar refractivity (Wildman–Crippen MR) is 88.9 cm³/mol. The fraction of sp³-hybridized carbons (Fsp3) is 0.294. The molecule has 7 heteroatoms. The largest absolute Gasteiger partial charge is 0.477 e. The van der Waals surface area contributed by atoms with Crippen molar-refractivity contribution >= 4 is 11.6 Å². The van der Waals surface area contributed by atoms with Gasteiger partial charge in [0.15, 0.2) is 0 Å². The summed E-state index contributed by atoms with van der Waals surface area (Å²) >= 11 is 0. The summed E-state index contributed by atoms with van der Waals surface area (Å²) in [4.78, 5) is 26.8. The maximum absolute atomic E-state index is 12.2. The van der Waals surface area contributed by atoms with Gasteiger partial charge < -0.3 is 10.1 Å². The van der Waals surface area contributed by atoms with E-state index in [9.17, 15) is 14.9 Å². The van der Waals surface area contributed by atoms with E-state index in [4.69, 9.17) is 4.74 Å². The number of nitrogens with one attached hydrogen (secondary N) is 1. The molecular formula is C17H19N3O4. The van der Waals surface area contributed by atoms with E-state index in [0.29, 0.717) is 12.5 Å². The van der Waals surface area contributed by atoms with Gasteiger partial charge in [-0.3, -0.25) is 14.9 Å². The van der Waals surface area contributed by atoms with Gasteiger partial charge in [0.2, 0.25) is 5.88 Å². The van der Waals surface area contributed by atoms with E-state index in [-0.39, 0.29) is 17.8 Å². The van der Waals surface area contributed by atoms with E-state index in [0.717, 1.165) is 18.4 Å². The molecule has 7 nitrogen and oxygen atoms in total. The van der Waals surface area contributed by atoms with E-state index in [1.807, 2.05) is 0 Å². The average Bonchev–Trinajstić information content (AvgIpc) is 2.60. The lowest BCUT2D eigenvalue weighted by molar-refractivity contribution is -0.385. The standard InChI is InChI=1S/C17H19N3O4/c1-2-3-11-24-17-13(7-6-10-18-17)12-19-16(21)14-8-4-5-9-15(14)20(22)23/h4-10H,2-3,11-12H2,1H3,(H,19,21). The summed E-state index contributed by atoms with van der Waals surface area (Å²) in [7, 11) is 0. The average molecular weight is 329 g/mol. The summed E-state index contributed by atoms with van der Waals surface area (Å²) in [5.74, 6) is -0.0422. The minimum atomic E-state index is -0.571. The molecule has 126 valence electrons. The van der Waals surface area contributed by atoms with Crippen molar-refractivity contribution in [3.05, 3.63) is 63.8 Å². The second-order valence-corrected chi connectivity index (χ2v) is 5.13. The highest BCUT2D eigenvalue weighted by atomic mass is 16.6. The Labute approximate surface area is 139 Å². The molecule has 1 N–H and O–H groups in total. The second kappa shape index (κ2) is 8.61. The lowest BCUT2D eigenvalue weighted by Crippen LogP contribution is -2.24. The van der Waals surface area contributed by atoms with Crippen LogP contribution in [0.1, 0.15) is 35.7 Å². The zero-order valence-electron chi connectivity index (χ0n) is 13.4. The third-order valence-electron chi connectivity index (χ3n) is 3.37. The molecule has 2 rings (SSSR count). The van der Waals surface area contributed by atoms with Crippen LogP contribution in [0.5, 0.6) is 5.88 Å². The molecule has 0 fully saturated rings. The monoisotopic (exact) mass is 329 g/mol. The van der Waals surface area contributed by atoms with Gasteiger partial charge in [-0.15, -0.1) is 0 Å². The summed E-state index contributed by atoms with van der Waals surface area (Å²) in [6.07, 6.45) is 3.55. The molecule has 0 aliphatic carbocycles. The fourth-order valence-corrected chi connectivity index (χ4v) is 2.10. The van der Waals surface area contributed by atoms with Gasteiger partial charge in [0.05, 0.1) is 11.5 Å². The van der Waals surface area contributed by atoms with Crippen LogP contribution < -0.4 is 10.1 Å². The number of benzene rings is 1. The molecule has 1 amide bonds. The van der Waals surface area contributed by atoms with Crippen molar-refractivity contribution in [3.63, 3.8) is 0 Å². The number of nitro groups is 1. The van der Waals surface area contributed by atoms with Crippen LogP contribution in [0.15, 0.2) is 42.6 Å². The van der Waals surface area contributed by atoms with Gasteiger partial charge in [0, 0.05) is 24.4 Å². The summed E-state index contributed by atoms with van der Waals surface area (Å²) < 4.78 is 5.61. The molecular weight excluding hydrogens is 310 g/mol. The second-order valence-electron chi connectivity index (χ2n) is 5.13. The number of carbonyl (C=O) groups excluding carboxylic acids is 1. The van der Waals surface area contributed by atoms with Crippen LogP contribution in [0.3, 0.4) is 0 Å². The normalized spacial score (nSPS) is 10.2. The molecule has 1 aromatic heterocycles. The summed E-state index contributed by atoms with van der Waals surface area (Å²) in [6.45, 7) is 2.80. The van der Waals surface area contributed by atoms with Crippen molar-refractivity contribution in [1.29, 1.82) is 0 Å². The molecule has 0 aliphatic heterocycles. The Bertz CT molecular complexity index is 718. The number of pyridine rings is 1. The molecule has 0 unspecified atom stereocenters. The third-order valence-corrected chi connectivity index (χ3v) is 3.37.